The van der Waals surface area contributed by atoms with Crippen LogP contribution in [0.3, 0.4) is 0 Å². The van der Waals surface area contributed by atoms with Crippen LogP contribution in [-0.4, -0.2) is 41.3 Å². The van der Waals surface area contributed by atoms with Crippen LogP contribution in [0.2, 0.25) is 0 Å². The first kappa shape index (κ1) is 24.8. The van der Waals surface area contributed by atoms with Gasteiger partial charge in [0, 0.05) is 5.92 Å². The Bertz CT molecular complexity index is 810. The molecular weight excluding hydrogens is 410 g/mol. The van der Waals surface area contributed by atoms with Crippen molar-refractivity contribution in [2.45, 2.75) is 89.9 Å². The van der Waals surface area contributed by atoms with Gasteiger partial charge in [0.2, 0.25) is 0 Å². The number of hydrogen-bond donors (Lipinski definition) is 3. The first-order chi connectivity index (χ1) is 15.1. The third kappa shape index (κ3) is 5.21. The molecule has 1 fully saturated rings. The van der Waals surface area contributed by atoms with Gasteiger partial charge in [-0.2, -0.15) is 0 Å². The van der Waals surface area contributed by atoms with Gasteiger partial charge >= 0.3 is 6.16 Å². The second-order valence-electron chi connectivity index (χ2n) is 10.1. The van der Waals surface area contributed by atoms with Crippen LogP contribution in [0.15, 0.2) is 12.1 Å². The van der Waals surface area contributed by atoms with Gasteiger partial charge in [0.25, 0.3) is 0 Å². The van der Waals surface area contributed by atoms with Gasteiger partial charge in [0.05, 0.1) is 17.7 Å². The number of fused-ring (bicyclic) bond motifs is 3. The first-order valence-electron chi connectivity index (χ1n) is 11.9. The summed E-state index contributed by atoms with van der Waals surface area (Å²) in [6.45, 7) is 7.71. The van der Waals surface area contributed by atoms with Gasteiger partial charge in [0.15, 0.2) is 0 Å². The lowest BCUT2D eigenvalue weighted by molar-refractivity contribution is -0.0536. The number of ether oxygens (including phenoxy) is 3. The van der Waals surface area contributed by atoms with Crippen molar-refractivity contribution in [1.29, 1.82) is 0 Å². The molecule has 2 aliphatic rings. The average molecular weight is 450 g/mol. The molecular formula is C25H39NO6. The number of carbonyl (C=O) groups is 1. The molecule has 2 unspecified atom stereocenters. The van der Waals surface area contributed by atoms with Gasteiger partial charge in [-0.3, -0.25) is 0 Å². The molecule has 0 radical (unpaired) electrons. The number of unbranched alkanes of at least 4 members (excludes halogenated alkanes) is 2. The van der Waals surface area contributed by atoms with E-state index < -0.39 is 30.0 Å². The molecule has 3 rings (SSSR count). The van der Waals surface area contributed by atoms with Gasteiger partial charge in [-0.25, -0.2) is 4.79 Å². The minimum absolute atomic E-state index is 0.0826. The topological polar surface area (TPSA) is 111 Å². The largest absolute Gasteiger partial charge is 0.513 e. The van der Waals surface area contributed by atoms with E-state index in [-0.39, 0.29) is 12.5 Å². The summed E-state index contributed by atoms with van der Waals surface area (Å²) >= 11 is 0. The second kappa shape index (κ2) is 9.98. The Morgan fingerprint density at radius 1 is 1.31 bits per heavy atom. The van der Waals surface area contributed by atoms with Gasteiger partial charge in [0.1, 0.15) is 29.8 Å². The van der Waals surface area contributed by atoms with E-state index in [2.05, 4.69) is 27.7 Å². The Morgan fingerprint density at radius 3 is 2.75 bits per heavy atom. The zero-order valence-electron chi connectivity index (χ0n) is 19.9. The van der Waals surface area contributed by atoms with Crippen molar-refractivity contribution in [3.8, 4) is 11.5 Å². The number of aliphatic hydroxyl groups is 2. The third-order valence-electron chi connectivity index (χ3n) is 6.93. The number of aryl methyl sites for hydroxylation is 1. The van der Waals surface area contributed by atoms with Crippen molar-refractivity contribution >= 4 is 6.16 Å². The average Bonchev–Trinajstić information content (AvgIpc) is 2.70. The van der Waals surface area contributed by atoms with Crippen molar-refractivity contribution in [2.75, 3.05) is 13.2 Å². The number of hydrogen-bond acceptors (Lipinski definition) is 7. The molecule has 4 N–H and O–H groups in total. The minimum Gasteiger partial charge on any atom is -0.487 e. The summed E-state index contributed by atoms with van der Waals surface area (Å²) in [5.74, 6) is 1.57. The highest BCUT2D eigenvalue weighted by Crippen LogP contribution is 2.56. The molecule has 1 aromatic carbocycles. The maximum Gasteiger partial charge on any atom is 0.513 e. The lowest BCUT2D eigenvalue weighted by atomic mass is 9.59. The molecule has 0 spiro atoms. The fourth-order valence-electron chi connectivity index (χ4n) is 5.45. The second-order valence-corrected chi connectivity index (χ2v) is 10.1. The van der Waals surface area contributed by atoms with E-state index in [4.69, 9.17) is 25.1 Å². The van der Waals surface area contributed by atoms with Crippen molar-refractivity contribution in [2.24, 2.45) is 17.6 Å². The summed E-state index contributed by atoms with van der Waals surface area (Å²) in [7, 11) is 0. The highest BCUT2D eigenvalue weighted by molar-refractivity contribution is 5.67. The van der Waals surface area contributed by atoms with Crippen molar-refractivity contribution in [3.05, 3.63) is 23.3 Å². The van der Waals surface area contributed by atoms with E-state index in [9.17, 15) is 9.90 Å². The van der Waals surface area contributed by atoms with Crippen LogP contribution in [0.1, 0.15) is 77.3 Å². The molecule has 32 heavy (non-hydrogen) atoms. The number of carbonyl (C=O) groups excluding carboxylic acids is 1. The highest BCUT2D eigenvalue weighted by atomic mass is 16.7. The summed E-state index contributed by atoms with van der Waals surface area (Å²) in [6, 6.07) is 3.93. The van der Waals surface area contributed by atoms with E-state index >= 15 is 0 Å². The standard InChI is InChI=1S/C25H39NO6/c1-5-6-7-8-17-11-19(31-23(29)30-15-18(28)14-27)22-20(12-17)32-24(3,4)21-10-9-16(2)13-25(21,22)26/h11-12,16,18,21,27-28H,5-10,13-15,26H2,1-4H3/t16?,18-,21-,25?/m0/s1. The lowest BCUT2D eigenvalue weighted by Crippen LogP contribution is -2.60. The smallest absolute Gasteiger partial charge is 0.487 e. The summed E-state index contributed by atoms with van der Waals surface area (Å²) in [5.41, 5.74) is 7.78. The van der Waals surface area contributed by atoms with Crippen LogP contribution >= 0.6 is 0 Å². The van der Waals surface area contributed by atoms with Gasteiger partial charge in [-0.1, -0.05) is 33.1 Å². The van der Waals surface area contributed by atoms with Crippen LogP contribution in [0.25, 0.3) is 0 Å². The highest BCUT2D eigenvalue weighted by Gasteiger charge is 2.55. The SMILES string of the molecule is CCCCCc1cc(OC(=O)OC[C@@H](O)CO)c2c(c1)OC(C)(C)[C@@H]1CCC(C)CC21N. The van der Waals surface area contributed by atoms with Gasteiger partial charge < -0.3 is 30.2 Å². The number of benzene rings is 1. The number of nitrogens with two attached hydrogens (primary N) is 1. The molecule has 0 saturated heterocycles. The fourth-order valence-corrected chi connectivity index (χ4v) is 5.45. The van der Waals surface area contributed by atoms with Crippen molar-refractivity contribution in [3.63, 3.8) is 0 Å². The van der Waals surface area contributed by atoms with E-state index in [1.807, 2.05) is 12.1 Å². The number of aliphatic hydroxyl groups excluding tert-OH is 2. The van der Waals surface area contributed by atoms with E-state index in [1.165, 1.54) is 0 Å². The van der Waals surface area contributed by atoms with Gasteiger partial charge in [-0.05, 0) is 63.1 Å². The normalized spacial score (nSPS) is 27.0. The lowest BCUT2D eigenvalue weighted by Gasteiger charge is -2.54. The van der Waals surface area contributed by atoms with E-state index in [0.717, 1.165) is 56.1 Å². The molecule has 1 aromatic rings. The quantitative estimate of drug-likeness (QED) is 0.312. The molecule has 7 heteroatoms. The van der Waals surface area contributed by atoms with Crippen molar-refractivity contribution < 1.29 is 29.2 Å². The molecule has 1 heterocycles. The molecule has 0 aromatic heterocycles. The molecule has 1 aliphatic carbocycles. The summed E-state index contributed by atoms with van der Waals surface area (Å²) in [4.78, 5) is 12.4. The van der Waals surface area contributed by atoms with Gasteiger partial charge in [-0.15, -0.1) is 0 Å². The van der Waals surface area contributed by atoms with E-state index in [0.29, 0.717) is 17.4 Å². The Labute approximate surface area is 191 Å². The Hall–Kier alpha value is -1.83. The molecule has 1 saturated carbocycles. The van der Waals surface area contributed by atoms with Crippen LogP contribution in [0.5, 0.6) is 11.5 Å². The van der Waals surface area contributed by atoms with Crippen molar-refractivity contribution in [1.82, 2.24) is 0 Å². The third-order valence-corrected chi connectivity index (χ3v) is 6.93. The molecule has 1 aliphatic heterocycles. The zero-order chi connectivity index (χ0) is 23.5. The van der Waals surface area contributed by atoms with Crippen LogP contribution in [0.4, 0.5) is 4.79 Å². The Kier molecular flexibility index (Phi) is 7.73. The van der Waals surface area contributed by atoms with Crippen LogP contribution in [-0.2, 0) is 16.7 Å². The van der Waals surface area contributed by atoms with E-state index in [1.54, 1.807) is 0 Å². The first-order valence-corrected chi connectivity index (χ1v) is 11.9. The number of rotatable bonds is 8. The summed E-state index contributed by atoms with van der Waals surface area (Å²) in [5, 5.41) is 18.4. The maximum atomic E-state index is 12.4. The minimum atomic E-state index is -1.15. The molecule has 0 bridgehead atoms. The molecule has 0 amide bonds. The van der Waals surface area contributed by atoms with Crippen LogP contribution < -0.4 is 15.2 Å². The predicted octanol–water partition coefficient (Wildman–Crippen LogP) is 4.05. The predicted molar refractivity (Wildman–Crippen MR) is 122 cm³/mol. The zero-order valence-corrected chi connectivity index (χ0v) is 19.9. The molecule has 4 atom stereocenters. The Balaban J connectivity index is 2.00. The monoisotopic (exact) mass is 449 g/mol. The Morgan fingerprint density at radius 2 is 2.06 bits per heavy atom. The van der Waals surface area contributed by atoms with Crippen LogP contribution in [0, 0.1) is 11.8 Å². The molecule has 180 valence electrons. The summed E-state index contributed by atoms with van der Waals surface area (Å²) in [6.07, 6.45) is 4.82. The molecule has 7 nitrogen and oxygen atoms in total. The fraction of sp³-hybridized carbons (Fsp3) is 0.720. The summed E-state index contributed by atoms with van der Waals surface area (Å²) < 4.78 is 17.2. The maximum absolute atomic E-state index is 12.4.